The van der Waals surface area contributed by atoms with E-state index in [9.17, 15) is 18.0 Å². The lowest BCUT2D eigenvalue weighted by atomic mass is 10.2. The van der Waals surface area contributed by atoms with Crippen LogP contribution >= 0.6 is 24.0 Å². The van der Waals surface area contributed by atoms with Gasteiger partial charge in [0.1, 0.15) is 0 Å². The third-order valence-electron chi connectivity index (χ3n) is 2.28. The topological polar surface area (TPSA) is 58.8 Å². The van der Waals surface area contributed by atoms with Crippen molar-refractivity contribution < 1.29 is 22.8 Å². The molecule has 0 aliphatic rings. The Morgan fingerprint density at radius 2 is 1.95 bits per heavy atom. The van der Waals surface area contributed by atoms with Gasteiger partial charge in [-0.15, -0.1) is 12.4 Å². The number of carbonyl (C=O) groups is 1. The molecule has 2 amide bonds. The Balaban J connectivity index is 0.00000361. The minimum absolute atomic E-state index is 0. The summed E-state index contributed by atoms with van der Waals surface area (Å²) >= 11 is 5.46. The number of hydrazine groups is 1. The minimum Gasteiger partial charge on any atom is -0.273 e. The number of hydrogen-bond donors (Lipinski definition) is 1. The van der Waals surface area contributed by atoms with Crippen LogP contribution in [0.3, 0.4) is 0 Å². The SMILES string of the molecule is CON(C)C(=O)N(N)c1ccc(Cl)c(C(F)(F)F)c1.Cl. The number of halogens is 5. The molecule has 2 N–H and O–H groups in total. The van der Waals surface area contributed by atoms with Crippen molar-refractivity contribution in [3.8, 4) is 0 Å². The van der Waals surface area contributed by atoms with Gasteiger partial charge in [-0.2, -0.15) is 13.2 Å². The fourth-order valence-corrected chi connectivity index (χ4v) is 1.45. The fourth-order valence-electron chi connectivity index (χ4n) is 1.22. The van der Waals surface area contributed by atoms with Crippen LogP contribution in [0.2, 0.25) is 5.02 Å². The smallest absolute Gasteiger partial charge is 0.273 e. The number of alkyl halides is 3. The zero-order chi connectivity index (χ0) is 14.8. The van der Waals surface area contributed by atoms with Crippen LogP contribution in [0.5, 0.6) is 0 Å². The Hall–Kier alpha value is -1.22. The molecule has 20 heavy (non-hydrogen) atoms. The highest BCUT2D eigenvalue weighted by Crippen LogP contribution is 2.36. The van der Waals surface area contributed by atoms with Crippen LogP contribution in [0.25, 0.3) is 0 Å². The summed E-state index contributed by atoms with van der Waals surface area (Å²) in [4.78, 5) is 16.2. The molecule has 0 aliphatic heterocycles. The maximum absolute atomic E-state index is 12.7. The zero-order valence-corrected chi connectivity index (χ0v) is 12.0. The first-order valence-corrected chi connectivity index (χ1v) is 5.29. The number of nitrogens with zero attached hydrogens (tertiary/aromatic N) is 2. The van der Waals surface area contributed by atoms with Gasteiger partial charge in [0.25, 0.3) is 0 Å². The van der Waals surface area contributed by atoms with Crippen LogP contribution in [-0.4, -0.2) is 25.3 Å². The predicted octanol–water partition coefficient (Wildman–Crippen LogP) is 3.07. The normalized spacial score (nSPS) is 10.8. The van der Waals surface area contributed by atoms with Crippen LogP contribution in [0.15, 0.2) is 18.2 Å². The second-order valence-electron chi connectivity index (χ2n) is 3.49. The molecule has 0 spiro atoms. The molecule has 5 nitrogen and oxygen atoms in total. The number of benzene rings is 1. The maximum atomic E-state index is 12.7. The summed E-state index contributed by atoms with van der Waals surface area (Å²) in [5, 5.41) is 0.814. The van der Waals surface area contributed by atoms with Gasteiger partial charge in [0.15, 0.2) is 0 Å². The highest BCUT2D eigenvalue weighted by Gasteiger charge is 2.34. The van der Waals surface area contributed by atoms with Gasteiger partial charge in [-0.1, -0.05) is 11.6 Å². The monoisotopic (exact) mass is 333 g/mol. The highest BCUT2D eigenvalue weighted by atomic mass is 35.5. The highest BCUT2D eigenvalue weighted by molar-refractivity contribution is 6.31. The Morgan fingerprint density at radius 1 is 1.40 bits per heavy atom. The Kier molecular flexibility index (Phi) is 6.55. The van der Waals surface area contributed by atoms with Crippen molar-refractivity contribution in [1.29, 1.82) is 0 Å². The minimum atomic E-state index is -4.63. The molecule has 0 fully saturated rings. The fraction of sp³-hybridized carbons (Fsp3) is 0.300. The summed E-state index contributed by atoms with van der Waals surface area (Å²) in [6, 6.07) is 2.06. The van der Waals surface area contributed by atoms with Crippen molar-refractivity contribution in [3.05, 3.63) is 28.8 Å². The van der Waals surface area contributed by atoms with E-state index in [2.05, 4.69) is 4.84 Å². The van der Waals surface area contributed by atoms with Gasteiger partial charge in [0, 0.05) is 7.05 Å². The van der Waals surface area contributed by atoms with E-state index in [1.165, 1.54) is 20.2 Å². The molecule has 0 saturated heterocycles. The number of rotatable bonds is 2. The van der Waals surface area contributed by atoms with E-state index in [0.29, 0.717) is 11.1 Å². The summed E-state index contributed by atoms with van der Waals surface area (Å²) in [5.74, 6) is 5.43. The predicted molar refractivity (Wildman–Crippen MR) is 70.5 cm³/mol. The van der Waals surface area contributed by atoms with Crippen LogP contribution in [0.4, 0.5) is 23.7 Å². The van der Waals surface area contributed by atoms with E-state index in [1.807, 2.05) is 0 Å². The van der Waals surface area contributed by atoms with Crippen molar-refractivity contribution >= 4 is 35.7 Å². The standard InChI is InChI=1S/C10H11ClF3N3O2.ClH/c1-16(19-2)9(18)17(15)6-3-4-8(11)7(5-6)10(12,13)14;/h3-5H,15H2,1-2H3;1H. The third-order valence-corrected chi connectivity index (χ3v) is 2.61. The molecule has 0 heterocycles. The van der Waals surface area contributed by atoms with Gasteiger partial charge in [-0.3, -0.25) is 4.84 Å². The maximum Gasteiger partial charge on any atom is 0.417 e. The Bertz CT molecular complexity index is 485. The number of hydroxylamine groups is 2. The molecule has 0 saturated carbocycles. The van der Waals surface area contributed by atoms with E-state index in [0.717, 1.165) is 11.1 Å². The largest absolute Gasteiger partial charge is 0.417 e. The third kappa shape index (κ3) is 4.14. The molecule has 114 valence electrons. The number of anilines is 1. The molecule has 10 heteroatoms. The van der Waals surface area contributed by atoms with E-state index in [4.69, 9.17) is 17.4 Å². The molecule has 0 radical (unpaired) electrons. The van der Waals surface area contributed by atoms with Crippen molar-refractivity contribution in [2.24, 2.45) is 5.84 Å². The van der Waals surface area contributed by atoms with Crippen LogP contribution < -0.4 is 10.9 Å². The molecular weight excluding hydrogens is 322 g/mol. The Morgan fingerprint density at radius 3 is 2.40 bits per heavy atom. The second kappa shape index (κ2) is 6.98. The Labute approximate surface area is 124 Å². The van der Waals surface area contributed by atoms with Gasteiger partial charge in [-0.05, 0) is 18.2 Å². The molecule has 0 bridgehead atoms. The number of hydrogen-bond acceptors (Lipinski definition) is 3. The van der Waals surface area contributed by atoms with E-state index in [1.54, 1.807) is 0 Å². The molecule has 1 aromatic carbocycles. The van der Waals surface area contributed by atoms with Crippen molar-refractivity contribution in [2.75, 3.05) is 19.2 Å². The van der Waals surface area contributed by atoms with E-state index >= 15 is 0 Å². The summed E-state index contributed by atoms with van der Waals surface area (Å²) in [7, 11) is 2.48. The molecule has 1 rings (SSSR count). The van der Waals surface area contributed by atoms with Crippen molar-refractivity contribution in [1.82, 2.24) is 5.06 Å². The first-order chi connectivity index (χ1) is 8.68. The van der Waals surface area contributed by atoms with E-state index < -0.39 is 22.8 Å². The van der Waals surface area contributed by atoms with Crippen LogP contribution in [0.1, 0.15) is 5.56 Å². The summed E-state index contributed by atoms with van der Waals surface area (Å²) < 4.78 is 38.0. The summed E-state index contributed by atoms with van der Waals surface area (Å²) in [5.41, 5.74) is -1.24. The van der Waals surface area contributed by atoms with Crippen LogP contribution in [-0.2, 0) is 11.0 Å². The molecule has 1 aromatic rings. The first kappa shape index (κ1) is 18.8. The van der Waals surface area contributed by atoms with Gasteiger partial charge in [0.05, 0.1) is 23.4 Å². The van der Waals surface area contributed by atoms with Crippen molar-refractivity contribution in [2.45, 2.75) is 6.18 Å². The number of carbonyl (C=O) groups excluding carboxylic acids is 1. The van der Waals surface area contributed by atoms with Crippen LogP contribution in [0, 0.1) is 0 Å². The van der Waals surface area contributed by atoms with E-state index in [-0.39, 0.29) is 18.1 Å². The van der Waals surface area contributed by atoms with Gasteiger partial charge in [0.2, 0.25) is 0 Å². The molecule has 0 unspecified atom stereocenters. The number of nitrogens with two attached hydrogens (primary N) is 1. The second-order valence-corrected chi connectivity index (χ2v) is 3.90. The molecule has 0 atom stereocenters. The zero-order valence-electron chi connectivity index (χ0n) is 10.4. The van der Waals surface area contributed by atoms with Crippen molar-refractivity contribution in [3.63, 3.8) is 0 Å². The number of amides is 2. The molecule has 0 aromatic heterocycles. The lowest BCUT2D eigenvalue weighted by Gasteiger charge is -2.23. The molecular formula is C10H12Cl2F3N3O2. The summed E-state index contributed by atoms with van der Waals surface area (Å²) in [6.45, 7) is 0. The summed E-state index contributed by atoms with van der Waals surface area (Å²) in [6.07, 6.45) is -4.63. The average Bonchev–Trinajstić information content (AvgIpc) is 2.35. The first-order valence-electron chi connectivity index (χ1n) is 4.92. The average molecular weight is 334 g/mol. The lowest BCUT2D eigenvalue weighted by Crippen LogP contribution is -2.45. The molecule has 0 aliphatic carbocycles. The van der Waals surface area contributed by atoms with Gasteiger partial charge in [-0.25, -0.2) is 20.7 Å². The quantitative estimate of drug-likeness (QED) is 0.514. The lowest BCUT2D eigenvalue weighted by molar-refractivity contribution is -0.137. The van der Waals surface area contributed by atoms with Gasteiger partial charge >= 0.3 is 12.2 Å². The number of urea groups is 1. The van der Waals surface area contributed by atoms with Gasteiger partial charge < -0.3 is 0 Å².